The van der Waals surface area contributed by atoms with E-state index in [1.54, 1.807) is 12.4 Å². The number of nitrogens with zero attached hydrogens (tertiary/aromatic N) is 3. The molecule has 136 valence electrons. The second-order valence-corrected chi connectivity index (χ2v) is 6.37. The van der Waals surface area contributed by atoms with Crippen LogP contribution in [0.15, 0.2) is 42.7 Å². The van der Waals surface area contributed by atoms with Gasteiger partial charge in [-0.2, -0.15) is 0 Å². The van der Waals surface area contributed by atoms with Crippen molar-refractivity contribution in [1.82, 2.24) is 14.5 Å². The molecule has 0 radical (unpaired) electrons. The van der Waals surface area contributed by atoms with Gasteiger partial charge in [0, 0.05) is 18.3 Å². The first-order chi connectivity index (χ1) is 12.7. The molecule has 0 saturated carbocycles. The highest BCUT2D eigenvalue weighted by molar-refractivity contribution is 5.89. The highest BCUT2D eigenvalue weighted by Crippen LogP contribution is 2.22. The molecule has 0 unspecified atom stereocenters. The molecule has 3 aromatic rings. The van der Waals surface area contributed by atoms with Crippen LogP contribution in [0.2, 0.25) is 0 Å². The highest BCUT2D eigenvalue weighted by atomic mass is 16.5. The number of imidazole rings is 1. The lowest BCUT2D eigenvalue weighted by molar-refractivity contribution is 0.0500. The fraction of sp³-hybridized carbons (Fsp3) is 0.381. The minimum atomic E-state index is -0.268. The predicted octanol–water partition coefficient (Wildman–Crippen LogP) is 4.72. The number of carbonyl (C=O) groups excluding carboxylic acids is 1. The normalized spacial score (nSPS) is 11.0. The van der Waals surface area contributed by atoms with Crippen LogP contribution in [0.1, 0.15) is 55.7 Å². The molecule has 5 heteroatoms. The molecule has 1 aromatic carbocycles. The van der Waals surface area contributed by atoms with Gasteiger partial charge >= 0.3 is 5.97 Å². The largest absolute Gasteiger partial charge is 0.462 e. The Morgan fingerprint density at radius 1 is 1.08 bits per heavy atom. The number of benzene rings is 1. The molecule has 2 aromatic heterocycles. The number of carbonyl (C=O) groups is 1. The quantitative estimate of drug-likeness (QED) is 0.435. The van der Waals surface area contributed by atoms with E-state index in [2.05, 4.69) is 23.4 Å². The number of hydrogen-bond donors (Lipinski definition) is 0. The Hall–Kier alpha value is -2.69. The molecule has 0 aliphatic carbocycles. The fourth-order valence-electron chi connectivity index (χ4n) is 2.91. The van der Waals surface area contributed by atoms with Crippen LogP contribution in [-0.4, -0.2) is 27.1 Å². The molecule has 0 bridgehead atoms. The van der Waals surface area contributed by atoms with Crippen LogP contribution >= 0.6 is 0 Å². The van der Waals surface area contributed by atoms with E-state index < -0.39 is 0 Å². The third-order valence-corrected chi connectivity index (χ3v) is 4.37. The van der Waals surface area contributed by atoms with Crippen LogP contribution in [0.25, 0.3) is 16.7 Å². The first-order valence-corrected chi connectivity index (χ1v) is 9.33. The molecule has 2 heterocycles. The first-order valence-electron chi connectivity index (χ1n) is 9.33. The van der Waals surface area contributed by atoms with Gasteiger partial charge in [-0.25, -0.2) is 9.78 Å². The molecule has 0 saturated heterocycles. The van der Waals surface area contributed by atoms with Crippen molar-refractivity contribution in [2.45, 2.75) is 46.0 Å². The van der Waals surface area contributed by atoms with Gasteiger partial charge in [-0.15, -0.1) is 0 Å². The summed E-state index contributed by atoms with van der Waals surface area (Å²) in [6, 6.07) is 9.52. The molecule has 0 spiro atoms. The van der Waals surface area contributed by atoms with Crippen molar-refractivity contribution < 1.29 is 9.53 Å². The number of esters is 1. The van der Waals surface area contributed by atoms with E-state index in [-0.39, 0.29) is 5.97 Å². The van der Waals surface area contributed by atoms with Crippen LogP contribution in [0.4, 0.5) is 0 Å². The standard InChI is InChI=1S/C21H25N3O2/c1-3-5-7-20-23-18-15-22-13-12-19(18)24(20)17-10-8-16(9-11-17)21(25)26-14-6-4-2/h8-13,15H,3-7,14H2,1-2H3. The minimum Gasteiger partial charge on any atom is -0.462 e. The second-order valence-electron chi connectivity index (χ2n) is 6.37. The number of hydrogen-bond acceptors (Lipinski definition) is 4. The SMILES string of the molecule is CCCCOC(=O)c1ccc(-n2c(CCCC)nc3cnccc32)cc1. The lowest BCUT2D eigenvalue weighted by Gasteiger charge is -2.10. The van der Waals surface area contributed by atoms with Crippen LogP contribution in [0.5, 0.6) is 0 Å². The summed E-state index contributed by atoms with van der Waals surface area (Å²) < 4.78 is 7.43. The topological polar surface area (TPSA) is 57.0 Å². The van der Waals surface area contributed by atoms with Crippen molar-refractivity contribution in [1.29, 1.82) is 0 Å². The summed E-state index contributed by atoms with van der Waals surface area (Å²) in [5.74, 6) is 0.754. The lowest BCUT2D eigenvalue weighted by atomic mass is 10.2. The molecule has 26 heavy (non-hydrogen) atoms. The molecule has 0 amide bonds. The maximum absolute atomic E-state index is 12.1. The maximum atomic E-state index is 12.1. The number of fused-ring (bicyclic) bond motifs is 1. The van der Waals surface area contributed by atoms with Gasteiger partial charge in [-0.05, 0) is 43.2 Å². The Morgan fingerprint density at radius 2 is 1.85 bits per heavy atom. The molecule has 0 aliphatic heterocycles. The average molecular weight is 351 g/mol. The summed E-state index contributed by atoms with van der Waals surface area (Å²) in [6.45, 7) is 4.72. The number of aryl methyl sites for hydroxylation is 1. The highest BCUT2D eigenvalue weighted by Gasteiger charge is 2.13. The number of aromatic nitrogens is 3. The Balaban J connectivity index is 1.89. The summed E-state index contributed by atoms with van der Waals surface area (Å²) in [6.07, 6.45) is 8.58. The molecule has 0 aliphatic rings. The summed E-state index contributed by atoms with van der Waals surface area (Å²) in [7, 11) is 0. The Labute approximate surface area is 154 Å². The van der Waals surface area contributed by atoms with Crippen molar-refractivity contribution in [2.75, 3.05) is 6.61 Å². The zero-order chi connectivity index (χ0) is 18.4. The number of ether oxygens (including phenoxy) is 1. The molecule has 3 rings (SSSR count). The lowest BCUT2D eigenvalue weighted by Crippen LogP contribution is -2.07. The Bertz CT molecular complexity index is 869. The summed E-state index contributed by atoms with van der Waals surface area (Å²) in [5.41, 5.74) is 3.49. The minimum absolute atomic E-state index is 0.268. The van der Waals surface area contributed by atoms with E-state index in [1.807, 2.05) is 30.3 Å². The van der Waals surface area contributed by atoms with E-state index in [0.29, 0.717) is 12.2 Å². The Kier molecular flexibility index (Phi) is 6.00. The van der Waals surface area contributed by atoms with Gasteiger partial charge in [0.15, 0.2) is 0 Å². The molecule has 5 nitrogen and oxygen atoms in total. The van der Waals surface area contributed by atoms with E-state index >= 15 is 0 Å². The molecule has 0 fully saturated rings. The number of unbranched alkanes of at least 4 members (excludes halogenated alkanes) is 2. The zero-order valence-electron chi connectivity index (χ0n) is 15.4. The van der Waals surface area contributed by atoms with Gasteiger partial charge in [0.1, 0.15) is 11.3 Å². The fourth-order valence-corrected chi connectivity index (χ4v) is 2.91. The smallest absolute Gasteiger partial charge is 0.338 e. The average Bonchev–Trinajstić information content (AvgIpc) is 3.05. The third kappa shape index (κ3) is 3.93. The van der Waals surface area contributed by atoms with Gasteiger partial charge in [-0.1, -0.05) is 26.7 Å². The van der Waals surface area contributed by atoms with Crippen LogP contribution in [-0.2, 0) is 11.2 Å². The van der Waals surface area contributed by atoms with Gasteiger partial charge in [0.25, 0.3) is 0 Å². The Morgan fingerprint density at radius 3 is 2.58 bits per heavy atom. The van der Waals surface area contributed by atoms with Gasteiger partial charge < -0.3 is 4.74 Å². The van der Waals surface area contributed by atoms with Crippen molar-refractivity contribution in [3.63, 3.8) is 0 Å². The number of pyridine rings is 1. The summed E-state index contributed by atoms with van der Waals surface area (Å²) in [4.78, 5) is 21.0. The summed E-state index contributed by atoms with van der Waals surface area (Å²) in [5, 5.41) is 0. The van der Waals surface area contributed by atoms with E-state index in [0.717, 1.165) is 54.6 Å². The van der Waals surface area contributed by atoms with Crippen LogP contribution < -0.4 is 0 Å². The van der Waals surface area contributed by atoms with Gasteiger partial charge in [0.05, 0.1) is 23.9 Å². The van der Waals surface area contributed by atoms with E-state index in [9.17, 15) is 4.79 Å². The van der Waals surface area contributed by atoms with E-state index in [1.165, 1.54) is 0 Å². The van der Waals surface area contributed by atoms with Crippen molar-refractivity contribution >= 4 is 17.0 Å². The van der Waals surface area contributed by atoms with Gasteiger partial charge in [0.2, 0.25) is 0 Å². The van der Waals surface area contributed by atoms with Crippen molar-refractivity contribution in [2.24, 2.45) is 0 Å². The summed E-state index contributed by atoms with van der Waals surface area (Å²) >= 11 is 0. The van der Waals surface area contributed by atoms with Crippen molar-refractivity contribution in [3.8, 4) is 5.69 Å². The molecule has 0 atom stereocenters. The molecule has 0 N–H and O–H groups in total. The first kappa shape index (κ1) is 18.1. The van der Waals surface area contributed by atoms with Gasteiger partial charge in [-0.3, -0.25) is 9.55 Å². The monoisotopic (exact) mass is 351 g/mol. The zero-order valence-corrected chi connectivity index (χ0v) is 15.4. The molecular formula is C21H25N3O2. The van der Waals surface area contributed by atoms with E-state index in [4.69, 9.17) is 9.72 Å². The third-order valence-electron chi connectivity index (χ3n) is 4.37. The van der Waals surface area contributed by atoms with Crippen LogP contribution in [0, 0.1) is 0 Å². The van der Waals surface area contributed by atoms with Crippen molar-refractivity contribution in [3.05, 3.63) is 54.1 Å². The second kappa shape index (κ2) is 8.61. The predicted molar refractivity (Wildman–Crippen MR) is 103 cm³/mol. The maximum Gasteiger partial charge on any atom is 0.338 e. The molecular weight excluding hydrogens is 326 g/mol. The van der Waals surface area contributed by atoms with Crippen LogP contribution in [0.3, 0.4) is 0 Å². The number of rotatable bonds is 8.